The number of likely N-dealkylation sites (tertiary alicyclic amines) is 1. The van der Waals surface area contributed by atoms with Crippen molar-refractivity contribution in [2.24, 2.45) is 0 Å². The van der Waals surface area contributed by atoms with Crippen molar-refractivity contribution in [2.75, 3.05) is 59.4 Å². The minimum Gasteiger partial charge on any atom is -0.302 e. The second-order valence-electron chi connectivity index (χ2n) is 6.42. The van der Waals surface area contributed by atoms with E-state index in [0.29, 0.717) is 32.2 Å². The van der Waals surface area contributed by atoms with Gasteiger partial charge in [-0.25, -0.2) is 0 Å². The largest absolute Gasteiger partial charge is 0.302 e. The summed E-state index contributed by atoms with van der Waals surface area (Å²) >= 11 is 0. The molecule has 1 atom stereocenters. The van der Waals surface area contributed by atoms with Crippen molar-refractivity contribution in [1.82, 2.24) is 18.4 Å². The molecule has 2 rings (SSSR count). The summed E-state index contributed by atoms with van der Waals surface area (Å²) in [4.78, 5) is 4.89. The van der Waals surface area contributed by atoms with Gasteiger partial charge in [0.15, 0.2) is 0 Å². The molecule has 6 nitrogen and oxygen atoms in total. The second kappa shape index (κ2) is 8.06. The molecule has 0 saturated carbocycles. The molecule has 2 fully saturated rings. The maximum absolute atomic E-state index is 12.5. The first-order valence-electron chi connectivity index (χ1n) is 8.66. The Kier molecular flexibility index (Phi) is 6.64. The van der Waals surface area contributed by atoms with Gasteiger partial charge >= 0.3 is 0 Å². The van der Waals surface area contributed by atoms with Gasteiger partial charge in [-0.3, -0.25) is 4.90 Å². The van der Waals surface area contributed by atoms with Gasteiger partial charge in [-0.2, -0.15) is 17.0 Å². The third kappa shape index (κ3) is 4.20. The van der Waals surface area contributed by atoms with Gasteiger partial charge in [-0.05, 0) is 26.4 Å². The molecule has 0 spiro atoms. The fraction of sp³-hybridized carbons (Fsp3) is 1.00. The molecule has 0 N–H and O–H groups in total. The van der Waals surface area contributed by atoms with Crippen molar-refractivity contribution in [3.63, 3.8) is 0 Å². The van der Waals surface area contributed by atoms with E-state index in [9.17, 15) is 8.42 Å². The Bertz CT molecular complexity index is 431. The maximum atomic E-state index is 12.5. The van der Waals surface area contributed by atoms with E-state index in [4.69, 9.17) is 0 Å². The summed E-state index contributed by atoms with van der Waals surface area (Å²) in [5.74, 6) is 0. The summed E-state index contributed by atoms with van der Waals surface area (Å²) < 4.78 is 28.3. The van der Waals surface area contributed by atoms with Crippen LogP contribution in [0.3, 0.4) is 0 Å². The van der Waals surface area contributed by atoms with Crippen LogP contribution in [0.5, 0.6) is 0 Å². The maximum Gasteiger partial charge on any atom is 0.282 e. The van der Waals surface area contributed by atoms with Crippen LogP contribution in [0.1, 0.15) is 33.1 Å². The molecular formula is C15H32N4O2S. The number of nitrogens with zero attached hydrogens (tertiary/aromatic N) is 4. The molecule has 22 heavy (non-hydrogen) atoms. The van der Waals surface area contributed by atoms with Crippen LogP contribution in [0.4, 0.5) is 0 Å². The molecule has 0 unspecified atom stereocenters. The lowest BCUT2D eigenvalue weighted by Crippen LogP contribution is -2.55. The lowest BCUT2D eigenvalue weighted by atomic mass is 10.0. The van der Waals surface area contributed by atoms with Crippen molar-refractivity contribution in [2.45, 2.75) is 39.2 Å². The Labute approximate surface area is 136 Å². The number of likely N-dealkylation sites (N-methyl/N-ethyl adjacent to an activating group) is 1. The molecule has 2 saturated heterocycles. The van der Waals surface area contributed by atoms with Gasteiger partial charge in [0, 0.05) is 51.9 Å². The molecule has 0 amide bonds. The standard InChI is InChI=1S/C15H32N4O2S/c1-4-18(5-2)22(20,21)19-12-10-17(11-13-19)14-15-8-6-7-9-16(15)3/h15H,4-14H2,1-3H3/t15-/m0/s1. The molecule has 0 radical (unpaired) electrons. The van der Waals surface area contributed by atoms with E-state index in [1.54, 1.807) is 8.61 Å². The topological polar surface area (TPSA) is 47.1 Å². The van der Waals surface area contributed by atoms with Gasteiger partial charge < -0.3 is 4.90 Å². The Morgan fingerprint density at radius 2 is 1.64 bits per heavy atom. The zero-order chi connectivity index (χ0) is 16.2. The molecule has 0 bridgehead atoms. The Hall–Kier alpha value is -0.210. The summed E-state index contributed by atoms with van der Waals surface area (Å²) in [6.07, 6.45) is 3.91. The summed E-state index contributed by atoms with van der Waals surface area (Å²) in [5.41, 5.74) is 0. The van der Waals surface area contributed by atoms with E-state index in [2.05, 4.69) is 16.8 Å². The van der Waals surface area contributed by atoms with Gasteiger partial charge in [0.05, 0.1) is 0 Å². The molecule has 2 aliphatic rings. The third-order valence-electron chi connectivity index (χ3n) is 5.08. The van der Waals surface area contributed by atoms with E-state index in [1.165, 1.54) is 25.8 Å². The fourth-order valence-electron chi connectivity index (χ4n) is 3.53. The van der Waals surface area contributed by atoms with Crippen LogP contribution in [0.25, 0.3) is 0 Å². The first-order valence-corrected chi connectivity index (χ1v) is 10.1. The highest BCUT2D eigenvalue weighted by Gasteiger charge is 2.31. The van der Waals surface area contributed by atoms with Gasteiger partial charge in [-0.15, -0.1) is 0 Å². The van der Waals surface area contributed by atoms with Crippen molar-refractivity contribution >= 4 is 10.2 Å². The summed E-state index contributed by atoms with van der Waals surface area (Å²) in [6, 6.07) is 0.639. The monoisotopic (exact) mass is 332 g/mol. The zero-order valence-electron chi connectivity index (χ0n) is 14.4. The molecular weight excluding hydrogens is 300 g/mol. The van der Waals surface area contributed by atoms with Crippen LogP contribution in [0.2, 0.25) is 0 Å². The van der Waals surface area contributed by atoms with Crippen LogP contribution < -0.4 is 0 Å². The number of rotatable bonds is 6. The average Bonchev–Trinajstić information content (AvgIpc) is 2.51. The Morgan fingerprint density at radius 3 is 2.18 bits per heavy atom. The summed E-state index contributed by atoms with van der Waals surface area (Å²) in [7, 11) is -1.05. The number of piperidine rings is 1. The fourth-order valence-corrected chi connectivity index (χ4v) is 5.13. The Balaban J connectivity index is 1.85. The Morgan fingerprint density at radius 1 is 1.00 bits per heavy atom. The van der Waals surface area contributed by atoms with E-state index < -0.39 is 10.2 Å². The number of piperazine rings is 1. The molecule has 0 aromatic heterocycles. The highest BCUT2D eigenvalue weighted by atomic mass is 32.2. The lowest BCUT2D eigenvalue weighted by molar-refractivity contribution is 0.105. The first-order chi connectivity index (χ1) is 10.5. The molecule has 0 aliphatic carbocycles. The normalized spacial score (nSPS) is 26.6. The highest BCUT2D eigenvalue weighted by Crippen LogP contribution is 2.18. The van der Waals surface area contributed by atoms with Crippen molar-refractivity contribution in [3.8, 4) is 0 Å². The van der Waals surface area contributed by atoms with E-state index in [1.807, 2.05) is 13.8 Å². The average molecular weight is 333 g/mol. The third-order valence-corrected chi connectivity index (χ3v) is 7.27. The van der Waals surface area contributed by atoms with Gasteiger partial charge in [-0.1, -0.05) is 20.3 Å². The molecule has 2 heterocycles. The van der Waals surface area contributed by atoms with E-state index in [0.717, 1.165) is 19.6 Å². The van der Waals surface area contributed by atoms with E-state index >= 15 is 0 Å². The minimum atomic E-state index is -3.26. The zero-order valence-corrected chi connectivity index (χ0v) is 15.2. The van der Waals surface area contributed by atoms with Gasteiger partial charge in [0.2, 0.25) is 0 Å². The van der Waals surface area contributed by atoms with Crippen molar-refractivity contribution in [1.29, 1.82) is 0 Å². The molecule has 2 aliphatic heterocycles. The first kappa shape index (κ1) is 18.1. The molecule has 130 valence electrons. The summed E-state index contributed by atoms with van der Waals surface area (Å²) in [6.45, 7) is 10.1. The minimum absolute atomic E-state index is 0.548. The van der Waals surface area contributed by atoms with Gasteiger partial charge in [0.25, 0.3) is 10.2 Å². The lowest BCUT2D eigenvalue weighted by Gasteiger charge is -2.40. The van der Waals surface area contributed by atoms with Crippen LogP contribution in [0, 0.1) is 0 Å². The van der Waals surface area contributed by atoms with Crippen molar-refractivity contribution < 1.29 is 8.42 Å². The quantitative estimate of drug-likeness (QED) is 0.717. The van der Waals surface area contributed by atoms with Crippen LogP contribution in [-0.4, -0.2) is 92.3 Å². The number of hydrogen-bond acceptors (Lipinski definition) is 4. The predicted molar refractivity (Wildman–Crippen MR) is 90.1 cm³/mol. The van der Waals surface area contributed by atoms with Crippen LogP contribution in [0.15, 0.2) is 0 Å². The van der Waals surface area contributed by atoms with E-state index in [-0.39, 0.29) is 0 Å². The SMILES string of the molecule is CCN(CC)S(=O)(=O)N1CCN(C[C@@H]2CCCCN2C)CC1. The second-order valence-corrected chi connectivity index (χ2v) is 8.35. The highest BCUT2D eigenvalue weighted by molar-refractivity contribution is 7.86. The predicted octanol–water partition coefficient (Wildman–Crippen LogP) is 0.675. The summed E-state index contributed by atoms with van der Waals surface area (Å²) in [5, 5.41) is 0. The van der Waals surface area contributed by atoms with Crippen LogP contribution in [-0.2, 0) is 10.2 Å². The van der Waals surface area contributed by atoms with Gasteiger partial charge in [0.1, 0.15) is 0 Å². The molecule has 7 heteroatoms. The smallest absolute Gasteiger partial charge is 0.282 e. The molecule has 0 aromatic carbocycles. The number of hydrogen-bond donors (Lipinski definition) is 0. The van der Waals surface area contributed by atoms with Crippen molar-refractivity contribution in [3.05, 3.63) is 0 Å². The van der Waals surface area contributed by atoms with Crippen LogP contribution >= 0.6 is 0 Å². The molecule has 0 aromatic rings.